The lowest BCUT2D eigenvalue weighted by molar-refractivity contribution is 0.0518. The minimum atomic E-state index is 0.351. The molecule has 3 aliphatic rings. The van der Waals surface area contributed by atoms with Gasteiger partial charge in [0, 0.05) is 16.6 Å². The number of benzene rings is 1. The van der Waals surface area contributed by atoms with Crippen LogP contribution < -0.4 is 5.32 Å². The van der Waals surface area contributed by atoms with E-state index in [1.165, 1.54) is 75.5 Å². The van der Waals surface area contributed by atoms with Gasteiger partial charge in [-0.15, -0.1) is 0 Å². The van der Waals surface area contributed by atoms with Gasteiger partial charge in [-0.05, 0) is 61.1 Å². The van der Waals surface area contributed by atoms with Crippen LogP contribution in [0.4, 0.5) is 5.69 Å². The molecule has 0 unspecified atom stereocenters. The molecule has 0 bridgehead atoms. The number of fused-ring (bicyclic) bond motifs is 1. The molecule has 1 aromatic rings. The second-order valence-electron chi connectivity index (χ2n) is 9.08. The van der Waals surface area contributed by atoms with Crippen molar-refractivity contribution in [3.8, 4) is 0 Å². The predicted molar refractivity (Wildman–Crippen MR) is 104 cm³/mol. The molecular weight excluding hydrogens is 290 g/mol. The summed E-state index contributed by atoms with van der Waals surface area (Å²) in [7, 11) is 0. The normalized spacial score (nSPS) is 34.4. The Morgan fingerprint density at radius 1 is 1.12 bits per heavy atom. The van der Waals surface area contributed by atoms with Crippen molar-refractivity contribution in [2.45, 2.75) is 102 Å². The molecule has 132 valence electrons. The topological polar surface area (TPSA) is 12.0 Å². The van der Waals surface area contributed by atoms with Gasteiger partial charge in [0.25, 0.3) is 0 Å². The Bertz CT molecular complexity index is 602. The lowest BCUT2D eigenvalue weighted by Crippen LogP contribution is -2.59. The van der Waals surface area contributed by atoms with E-state index in [9.17, 15) is 0 Å². The lowest BCUT2D eigenvalue weighted by Gasteiger charge is -2.57. The van der Waals surface area contributed by atoms with Crippen LogP contribution in [0, 0.1) is 5.92 Å². The highest BCUT2D eigenvalue weighted by Gasteiger charge is 2.62. The zero-order chi connectivity index (χ0) is 16.8. The van der Waals surface area contributed by atoms with Crippen molar-refractivity contribution >= 4 is 5.69 Å². The van der Waals surface area contributed by atoms with Crippen LogP contribution in [0.15, 0.2) is 18.2 Å². The smallest absolute Gasteiger partial charge is 0.0473 e. The van der Waals surface area contributed by atoms with Crippen LogP contribution in [0.3, 0.4) is 0 Å². The summed E-state index contributed by atoms with van der Waals surface area (Å²) in [4.78, 5) is 0. The molecule has 0 saturated heterocycles. The SMILES string of the molecule is CCCC[C@@]12CCC[C@@H]3CCCC[C@@]31c1cc(C(C)C)ccc1N2. The lowest BCUT2D eigenvalue weighted by atomic mass is 9.49. The van der Waals surface area contributed by atoms with E-state index in [0.29, 0.717) is 16.9 Å². The third-order valence-electron chi connectivity index (χ3n) is 7.60. The van der Waals surface area contributed by atoms with Crippen LogP contribution in [0.1, 0.15) is 102 Å². The Labute approximate surface area is 148 Å². The van der Waals surface area contributed by atoms with Gasteiger partial charge in [-0.2, -0.15) is 0 Å². The third-order valence-corrected chi connectivity index (χ3v) is 7.60. The maximum atomic E-state index is 4.14. The van der Waals surface area contributed by atoms with E-state index in [-0.39, 0.29) is 0 Å². The van der Waals surface area contributed by atoms with Gasteiger partial charge in [0.2, 0.25) is 0 Å². The van der Waals surface area contributed by atoms with Crippen molar-refractivity contribution < 1.29 is 0 Å². The summed E-state index contributed by atoms with van der Waals surface area (Å²) >= 11 is 0. The fraction of sp³-hybridized carbons (Fsp3) is 0.739. The van der Waals surface area contributed by atoms with E-state index >= 15 is 0 Å². The quantitative estimate of drug-likeness (QED) is 0.643. The van der Waals surface area contributed by atoms with Crippen molar-refractivity contribution in [3.05, 3.63) is 29.3 Å². The van der Waals surface area contributed by atoms with Gasteiger partial charge < -0.3 is 5.32 Å². The highest BCUT2D eigenvalue weighted by molar-refractivity contribution is 5.67. The molecule has 1 N–H and O–H groups in total. The number of unbranched alkanes of at least 4 members (excludes halogenated alkanes) is 1. The van der Waals surface area contributed by atoms with Crippen molar-refractivity contribution in [1.29, 1.82) is 0 Å². The summed E-state index contributed by atoms with van der Waals surface area (Å²) in [6, 6.07) is 7.39. The van der Waals surface area contributed by atoms with Gasteiger partial charge in [-0.3, -0.25) is 0 Å². The van der Waals surface area contributed by atoms with E-state index in [1.54, 1.807) is 5.56 Å². The highest BCUT2D eigenvalue weighted by atomic mass is 15.1. The van der Waals surface area contributed by atoms with Gasteiger partial charge in [-0.25, -0.2) is 0 Å². The first-order valence-electron chi connectivity index (χ1n) is 10.6. The van der Waals surface area contributed by atoms with Gasteiger partial charge in [0.1, 0.15) is 0 Å². The minimum Gasteiger partial charge on any atom is -0.378 e. The van der Waals surface area contributed by atoms with Crippen LogP contribution in [-0.2, 0) is 5.41 Å². The Kier molecular flexibility index (Phi) is 4.17. The molecule has 3 atom stereocenters. The average Bonchev–Trinajstić information content (AvgIpc) is 2.88. The van der Waals surface area contributed by atoms with Crippen LogP contribution in [0.5, 0.6) is 0 Å². The summed E-state index contributed by atoms with van der Waals surface area (Å²) in [5.41, 5.74) is 5.49. The first-order valence-corrected chi connectivity index (χ1v) is 10.6. The Morgan fingerprint density at radius 2 is 1.96 bits per heavy atom. The molecule has 1 heteroatoms. The van der Waals surface area contributed by atoms with E-state index in [4.69, 9.17) is 0 Å². The largest absolute Gasteiger partial charge is 0.378 e. The first kappa shape index (κ1) is 16.5. The van der Waals surface area contributed by atoms with Crippen LogP contribution in [0.25, 0.3) is 0 Å². The Balaban J connectivity index is 1.86. The molecule has 0 aromatic heterocycles. The molecule has 1 spiro atoms. The van der Waals surface area contributed by atoms with Crippen molar-refractivity contribution in [2.24, 2.45) is 5.92 Å². The maximum absolute atomic E-state index is 4.14. The summed E-state index contributed by atoms with van der Waals surface area (Å²) < 4.78 is 0. The Hall–Kier alpha value is -0.980. The number of nitrogens with one attached hydrogen (secondary N) is 1. The van der Waals surface area contributed by atoms with Gasteiger partial charge in [-0.1, -0.05) is 65.0 Å². The molecule has 0 amide bonds. The van der Waals surface area contributed by atoms with Crippen molar-refractivity contribution in [2.75, 3.05) is 5.32 Å². The molecular formula is C23H35N. The monoisotopic (exact) mass is 325 g/mol. The highest BCUT2D eigenvalue weighted by Crippen LogP contribution is 2.64. The van der Waals surface area contributed by atoms with Crippen LogP contribution in [0.2, 0.25) is 0 Å². The molecule has 2 aliphatic carbocycles. The second-order valence-corrected chi connectivity index (χ2v) is 9.08. The molecule has 2 fully saturated rings. The van der Waals surface area contributed by atoms with Crippen molar-refractivity contribution in [1.82, 2.24) is 0 Å². The molecule has 1 heterocycles. The summed E-state index contributed by atoms with van der Waals surface area (Å²) in [5.74, 6) is 1.54. The van der Waals surface area contributed by atoms with E-state index in [1.807, 2.05) is 0 Å². The third kappa shape index (κ3) is 2.19. The van der Waals surface area contributed by atoms with E-state index in [2.05, 4.69) is 44.3 Å². The van der Waals surface area contributed by atoms with Gasteiger partial charge in [0.05, 0.1) is 0 Å². The molecule has 1 nitrogen and oxygen atoms in total. The fourth-order valence-corrected chi connectivity index (χ4v) is 6.47. The van der Waals surface area contributed by atoms with E-state index in [0.717, 1.165) is 5.92 Å². The average molecular weight is 326 g/mol. The zero-order valence-electron chi connectivity index (χ0n) is 16.0. The summed E-state index contributed by atoms with van der Waals surface area (Å²) in [6.07, 6.45) is 14.1. The number of hydrogen-bond donors (Lipinski definition) is 1. The van der Waals surface area contributed by atoms with Crippen LogP contribution in [-0.4, -0.2) is 5.54 Å². The first-order chi connectivity index (χ1) is 11.6. The molecule has 0 radical (unpaired) electrons. The zero-order valence-corrected chi connectivity index (χ0v) is 16.0. The Morgan fingerprint density at radius 3 is 2.75 bits per heavy atom. The van der Waals surface area contributed by atoms with Crippen LogP contribution >= 0.6 is 0 Å². The summed E-state index contributed by atoms with van der Waals surface area (Å²) in [6.45, 7) is 7.03. The second kappa shape index (κ2) is 6.07. The molecule has 1 aliphatic heterocycles. The van der Waals surface area contributed by atoms with Crippen molar-refractivity contribution in [3.63, 3.8) is 0 Å². The van der Waals surface area contributed by atoms with Gasteiger partial charge in [0.15, 0.2) is 0 Å². The predicted octanol–water partition coefficient (Wildman–Crippen LogP) is 6.78. The van der Waals surface area contributed by atoms with E-state index < -0.39 is 0 Å². The number of hydrogen-bond acceptors (Lipinski definition) is 1. The molecule has 2 saturated carbocycles. The standard InChI is InChI=1S/C23H35N/c1-4-5-13-22-14-8-10-19-9-6-7-15-23(19,22)20-16-18(17(2)3)11-12-21(20)24-22/h11-12,16-17,19,24H,4-10,13-15H2,1-3H3/t19-,22+,23-/m0/s1. The molecule has 1 aromatic carbocycles. The minimum absolute atomic E-state index is 0.351. The summed E-state index contributed by atoms with van der Waals surface area (Å²) in [5, 5.41) is 4.14. The molecule has 24 heavy (non-hydrogen) atoms. The van der Waals surface area contributed by atoms with Gasteiger partial charge >= 0.3 is 0 Å². The fourth-order valence-electron chi connectivity index (χ4n) is 6.47. The number of rotatable bonds is 4. The maximum Gasteiger partial charge on any atom is 0.0473 e. The number of anilines is 1. The molecule has 4 rings (SSSR count).